The predicted molar refractivity (Wildman–Crippen MR) is 42.2 cm³/mol. The Morgan fingerprint density at radius 2 is 2.00 bits per heavy atom. The Kier molecular flexibility index (Phi) is 2.52. The van der Waals surface area contributed by atoms with Gasteiger partial charge in [-0.05, 0) is 13.3 Å². The van der Waals surface area contributed by atoms with Gasteiger partial charge >= 0.3 is 6.18 Å². The smallest absolute Gasteiger partial charge is 0.166 e. The van der Waals surface area contributed by atoms with E-state index >= 15 is 0 Å². The van der Waals surface area contributed by atoms with Crippen molar-refractivity contribution >= 4 is 11.6 Å². The van der Waals surface area contributed by atoms with E-state index < -0.39 is 17.1 Å². The molecule has 12 heavy (non-hydrogen) atoms. The van der Waals surface area contributed by atoms with Crippen molar-refractivity contribution in [2.24, 2.45) is 0 Å². The predicted octanol–water partition coefficient (Wildman–Crippen LogP) is 3.43. The summed E-state index contributed by atoms with van der Waals surface area (Å²) >= 11 is 5.66. The summed E-state index contributed by atoms with van der Waals surface area (Å²) in [6.45, 7) is 1.72. The fourth-order valence-corrected chi connectivity index (χ4v) is 1.21. The summed E-state index contributed by atoms with van der Waals surface area (Å²) in [6.07, 6.45) is -1.84. The number of alkyl halides is 4. The normalized spacial score (nSPS) is 24.9. The number of halogens is 4. The molecule has 0 aromatic carbocycles. The largest absolute Gasteiger partial charge is 0.412 e. The highest BCUT2D eigenvalue weighted by atomic mass is 35.5. The fraction of sp³-hybridized carbons (Fsp3) is 0.500. The highest BCUT2D eigenvalue weighted by Crippen LogP contribution is 2.34. The minimum Gasteiger partial charge on any atom is -0.166 e. The van der Waals surface area contributed by atoms with Crippen LogP contribution in [0.5, 0.6) is 0 Å². The Bertz CT molecular complexity index is 237. The Hall–Kier alpha value is -0.440. The summed E-state index contributed by atoms with van der Waals surface area (Å²) in [4.78, 5) is 0. The molecule has 1 rings (SSSR count). The SMILES string of the molecule is CC1=CC=C(C(F)(F)F)CC1Cl. The average Bonchev–Trinajstić information content (AvgIpc) is 1.92. The minimum atomic E-state index is -4.23. The van der Waals surface area contributed by atoms with Crippen LogP contribution in [0, 0.1) is 0 Å². The number of allylic oxidation sites excluding steroid dienone is 4. The van der Waals surface area contributed by atoms with Crippen molar-refractivity contribution in [3.63, 3.8) is 0 Å². The summed E-state index contributed by atoms with van der Waals surface area (Å²) in [6, 6.07) is 0. The highest BCUT2D eigenvalue weighted by molar-refractivity contribution is 6.22. The van der Waals surface area contributed by atoms with Crippen LogP contribution in [0.25, 0.3) is 0 Å². The van der Waals surface area contributed by atoms with Gasteiger partial charge in [0.2, 0.25) is 0 Å². The Balaban J connectivity index is 2.84. The molecule has 0 aliphatic heterocycles. The zero-order chi connectivity index (χ0) is 9.35. The van der Waals surface area contributed by atoms with Crippen molar-refractivity contribution in [1.29, 1.82) is 0 Å². The van der Waals surface area contributed by atoms with E-state index in [2.05, 4.69) is 0 Å². The van der Waals surface area contributed by atoms with Crippen molar-refractivity contribution in [2.45, 2.75) is 24.9 Å². The molecular weight excluding hydrogens is 189 g/mol. The van der Waals surface area contributed by atoms with Crippen LogP contribution in [0.1, 0.15) is 13.3 Å². The Morgan fingerprint density at radius 3 is 2.42 bits per heavy atom. The van der Waals surface area contributed by atoms with E-state index in [4.69, 9.17) is 11.6 Å². The minimum absolute atomic E-state index is 0.118. The number of rotatable bonds is 0. The van der Waals surface area contributed by atoms with Crippen molar-refractivity contribution < 1.29 is 13.2 Å². The maximum Gasteiger partial charge on any atom is 0.412 e. The van der Waals surface area contributed by atoms with E-state index in [1.54, 1.807) is 6.92 Å². The van der Waals surface area contributed by atoms with Gasteiger partial charge in [0.25, 0.3) is 0 Å². The monoisotopic (exact) mass is 196 g/mol. The fourth-order valence-electron chi connectivity index (χ4n) is 0.969. The molecule has 0 N–H and O–H groups in total. The Labute approximate surface area is 73.7 Å². The van der Waals surface area contributed by atoms with Gasteiger partial charge in [0.15, 0.2) is 0 Å². The zero-order valence-electron chi connectivity index (χ0n) is 6.45. The summed E-state index contributed by atoms with van der Waals surface area (Å²) in [5.74, 6) is 0. The molecule has 0 aromatic rings. The third-order valence-electron chi connectivity index (χ3n) is 1.80. The second-order valence-corrected chi connectivity index (χ2v) is 3.30. The average molecular weight is 197 g/mol. The van der Waals surface area contributed by atoms with Gasteiger partial charge in [0.1, 0.15) is 0 Å². The third-order valence-corrected chi connectivity index (χ3v) is 2.30. The second-order valence-electron chi connectivity index (χ2n) is 2.77. The van der Waals surface area contributed by atoms with Crippen LogP contribution < -0.4 is 0 Å². The van der Waals surface area contributed by atoms with Crippen LogP contribution in [0.15, 0.2) is 23.3 Å². The van der Waals surface area contributed by atoms with Crippen molar-refractivity contribution in [3.8, 4) is 0 Å². The molecule has 0 amide bonds. The standard InChI is InChI=1S/C8H8ClF3/c1-5-2-3-6(4-7(5)9)8(10,11)12/h2-3,7H,4H2,1H3. The molecule has 1 aliphatic carbocycles. The first kappa shape index (κ1) is 9.65. The first-order chi connectivity index (χ1) is 5.41. The maximum absolute atomic E-state index is 12.1. The quantitative estimate of drug-likeness (QED) is 0.521. The molecule has 0 bridgehead atoms. The summed E-state index contributed by atoms with van der Waals surface area (Å²) < 4.78 is 36.3. The van der Waals surface area contributed by atoms with Gasteiger partial charge < -0.3 is 0 Å². The zero-order valence-corrected chi connectivity index (χ0v) is 7.21. The molecule has 0 heterocycles. The van der Waals surface area contributed by atoms with E-state index in [0.717, 1.165) is 11.6 Å². The molecular formula is C8H8ClF3. The molecule has 0 radical (unpaired) electrons. The van der Waals surface area contributed by atoms with E-state index in [9.17, 15) is 13.2 Å². The van der Waals surface area contributed by atoms with E-state index in [0.29, 0.717) is 0 Å². The molecule has 1 unspecified atom stereocenters. The van der Waals surface area contributed by atoms with E-state index in [1.165, 1.54) is 6.08 Å². The first-order valence-corrected chi connectivity index (χ1v) is 3.93. The van der Waals surface area contributed by atoms with Gasteiger partial charge in [0.05, 0.1) is 5.38 Å². The van der Waals surface area contributed by atoms with Gasteiger partial charge in [-0.25, -0.2) is 0 Å². The third kappa shape index (κ3) is 2.03. The lowest BCUT2D eigenvalue weighted by Gasteiger charge is -2.19. The molecule has 68 valence electrons. The number of hydrogen-bond donors (Lipinski definition) is 0. The molecule has 1 atom stereocenters. The summed E-state index contributed by atoms with van der Waals surface area (Å²) in [7, 11) is 0. The van der Waals surface area contributed by atoms with Gasteiger partial charge in [-0.1, -0.05) is 17.7 Å². The van der Waals surface area contributed by atoms with E-state index in [-0.39, 0.29) is 6.42 Å². The van der Waals surface area contributed by atoms with Gasteiger partial charge in [-0.2, -0.15) is 13.2 Å². The van der Waals surface area contributed by atoms with Gasteiger partial charge in [-0.15, -0.1) is 11.6 Å². The van der Waals surface area contributed by atoms with Gasteiger partial charge in [-0.3, -0.25) is 0 Å². The number of hydrogen-bond acceptors (Lipinski definition) is 0. The summed E-state index contributed by atoms with van der Waals surface area (Å²) in [5.41, 5.74) is 0.234. The molecule has 0 spiro atoms. The maximum atomic E-state index is 12.1. The van der Waals surface area contributed by atoms with Crippen LogP contribution in [0.4, 0.5) is 13.2 Å². The second kappa shape index (κ2) is 3.13. The van der Waals surface area contributed by atoms with Crippen LogP contribution in [0.2, 0.25) is 0 Å². The lowest BCUT2D eigenvalue weighted by Crippen LogP contribution is -2.18. The van der Waals surface area contributed by atoms with Crippen molar-refractivity contribution in [2.75, 3.05) is 0 Å². The van der Waals surface area contributed by atoms with Crippen LogP contribution in [-0.2, 0) is 0 Å². The molecule has 0 aromatic heterocycles. The highest BCUT2D eigenvalue weighted by Gasteiger charge is 2.35. The van der Waals surface area contributed by atoms with Crippen LogP contribution in [-0.4, -0.2) is 11.6 Å². The van der Waals surface area contributed by atoms with Crippen molar-refractivity contribution in [3.05, 3.63) is 23.3 Å². The first-order valence-electron chi connectivity index (χ1n) is 3.50. The molecule has 0 saturated heterocycles. The van der Waals surface area contributed by atoms with Crippen LogP contribution in [0.3, 0.4) is 0 Å². The van der Waals surface area contributed by atoms with Crippen molar-refractivity contribution in [1.82, 2.24) is 0 Å². The molecule has 0 saturated carbocycles. The lowest BCUT2D eigenvalue weighted by atomic mass is 9.99. The lowest BCUT2D eigenvalue weighted by molar-refractivity contribution is -0.0940. The molecule has 1 aliphatic rings. The topological polar surface area (TPSA) is 0 Å². The molecule has 4 heteroatoms. The van der Waals surface area contributed by atoms with E-state index in [1.807, 2.05) is 0 Å². The molecule has 0 nitrogen and oxygen atoms in total. The molecule has 0 fully saturated rings. The van der Waals surface area contributed by atoms with Crippen LogP contribution >= 0.6 is 11.6 Å². The van der Waals surface area contributed by atoms with Gasteiger partial charge in [0, 0.05) is 5.57 Å². The summed E-state index contributed by atoms with van der Waals surface area (Å²) in [5, 5.41) is -0.508. The Morgan fingerprint density at radius 1 is 1.42 bits per heavy atom.